The number of carbonyl (C=O) groups excluding carboxylic acids is 1. The number of Topliss-reactive ketones (excluding diaryl/α,β-unsaturated/α-hetero) is 1. The average molecular weight is 847 g/mol. The van der Waals surface area contributed by atoms with Crippen LogP contribution in [0.4, 0.5) is 0 Å². The van der Waals surface area contributed by atoms with Gasteiger partial charge in [0.15, 0.2) is 0 Å². The fourth-order valence-electron chi connectivity index (χ4n) is 2.80. The van der Waals surface area contributed by atoms with E-state index in [2.05, 4.69) is 0 Å². The van der Waals surface area contributed by atoms with Crippen LogP contribution in [-0.2, 0) is 243 Å². The minimum Gasteiger partial charge on any atom is -0.466 e. The van der Waals surface area contributed by atoms with Crippen LogP contribution in [0.3, 0.4) is 0 Å². The van der Waals surface area contributed by atoms with Crippen molar-refractivity contribution in [2.75, 3.05) is 6.79 Å². The van der Waals surface area contributed by atoms with Gasteiger partial charge in [-0.25, -0.2) is 6.92 Å². The zero-order valence-corrected chi connectivity index (χ0v) is 34.8. The molecule has 0 aromatic rings. The molecule has 1 heterocycles. The van der Waals surface area contributed by atoms with Crippen LogP contribution in [-0.4, -0.2) is 18.4 Å². The van der Waals surface area contributed by atoms with Gasteiger partial charge in [-0.3, -0.25) is 0 Å². The molecule has 113 valence electrons. The summed E-state index contributed by atoms with van der Waals surface area (Å²) < 4.78 is 11.4. The van der Waals surface area contributed by atoms with E-state index in [0.29, 0.717) is 6.79 Å². The molecule has 2 fully saturated rings. The van der Waals surface area contributed by atoms with E-state index < -0.39 is 11.2 Å². The van der Waals surface area contributed by atoms with Crippen molar-refractivity contribution in [3.8, 4) is 0 Å². The predicted molar refractivity (Wildman–Crippen MR) is 60.2 cm³/mol. The molecule has 1 saturated carbocycles. The summed E-state index contributed by atoms with van der Waals surface area (Å²) in [6, 6.07) is 0. The Labute approximate surface area is 317 Å². The first-order valence-electron chi connectivity index (χ1n) is 5.69. The van der Waals surface area contributed by atoms with E-state index in [4.69, 9.17) is 9.47 Å². The van der Waals surface area contributed by atoms with Gasteiger partial charge in [0.05, 0.1) is 0 Å². The number of rotatable bonds is 0. The monoisotopic (exact) mass is 846 g/mol. The fraction of sp³-hybridized carbons (Fsp3) is 0.769. The summed E-state index contributed by atoms with van der Waals surface area (Å²) in [6.45, 7) is 12.1. The van der Waals surface area contributed by atoms with Crippen molar-refractivity contribution in [2.45, 2.75) is 47.3 Å². The van der Waals surface area contributed by atoms with E-state index in [9.17, 15) is 4.79 Å². The molecule has 7 radical (unpaired) electrons. The van der Waals surface area contributed by atoms with Gasteiger partial charge in [0, 0.05) is 235 Å². The Hall–Kier alpha value is 7.19. The SMILES string of the molecule is C[C-]1C(=O)C(C)(C)C(C)(C)C2(OCO2)[C-]1C.[Y].[Y].[Y].[Y].[Y].[Y].[Y]. The minimum absolute atomic E-state index is 0. The molecule has 0 unspecified atom stereocenters. The minimum atomic E-state index is -0.700. The van der Waals surface area contributed by atoms with E-state index in [1.807, 2.05) is 41.5 Å². The van der Waals surface area contributed by atoms with Gasteiger partial charge in [0.1, 0.15) is 6.79 Å². The summed E-state index contributed by atoms with van der Waals surface area (Å²) in [6.07, 6.45) is 0. The summed E-state index contributed by atoms with van der Waals surface area (Å²) in [5.41, 5.74) is -0.837. The van der Waals surface area contributed by atoms with Crippen molar-refractivity contribution >= 4 is 5.78 Å². The molecule has 1 aliphatic heterocycles. The largest absolute Gasteiger partial charge is 0.466 e. The normalized spacial score (nSPS) is 22.0. The van der Waals surface area contributed by atoms with E-state index in [0.717, 1.165) is 11.8 Å². The topological polar surface area (TPSA) is 35.5 Å². The Morgan fingerprint density at radius 3 is 1.43 bits per heavy atom. The molecule has 0 bridgehead atoms. The van der Waals surface area contributed by atoms with Crippen LogP contribution in [0.2, 0.25) is 0 Å². The molecule has 0 aromatic carbocycles. The third-order valence-electron chi connectivity index (χ3n) is 4.87. The van der Waals surface area contributed by atoms with Crippen LogP contribution in [0.5, 0.6) is 0 Å². The van der Waals surface area contributed by atoms with Gasteiger partial charge >= 0.3 is 0 Å². The van der Waals surface area contributed by atoms with Crippen molar-refractivity contribution in [3.05, 3.63) is 11.8 Å². The Balaban J connectivity index is -0.000000103. The molecule has 3 nitrogen and oxygen atoms in total. The van der Waals surface area contributed by atoms with E-state index >= 15 is 0 Å². The molecular formula is C13H20O3Y7-2. The van der Waals surface area contributed by atoms with Crippen molar-refractivity contribution < 1.29 is 243 Å². The summed E-state index contributed by atoms with van der Waals surface area (Å²) >= 11 is 0. The van der Waals surface area contributed by atoms with Crippen LogP contribution in [0.15, 0.2) is 0 Å². The van der Waals surface area contributed by atoms with E-state index in [-0.39, 0.29) is 240 Å². The molecule has 1 saturated heterocycles. The Morgan fingerprint density at radius 1 is 0.826 bits per heavy atom. The van der Waals surface area contributed by atoms with Crippen molar-refractivity contribution in [3.63, 3.8) is 0 Å². The molecule has 1 aliphatic carbocycles. The van der Waals surface area contributed by atoms with Crippen LogP contribution in [0.1, 0.15) is 41.5 Å². The Bertz CT molecular complexity index is 346. The fourth-order valence-corrected chi connectivity index (χ4v) is 2.80. The maximum absolute atomic E-state index is 12.3. The molecule has 0 N–H and O–H groups in total. The van der Waals surface area contributed by atoms with Gasteiger partial charge in [0.2, 0.25) is 0 Å². The number of carbonyl (C=O) groups is 1. The first-order chi connectivity index (χ1) is 7.18. The maximum atomic E-state index is 12.3. The molecule has 2 rings (SSSR count). The third-order valence-corrected chi connectivity index (χ3v) is 4.87. The second-order valence-corrected chi connectivity index (χ2v) is 5.85. The smallest absolute Gasteiger partial charge is 0.146 e. The predicted octanol–water partition coefficient (Wildman–Crippen LogP) is 2.49. The van der Waals surface area contributed by atoms with Gasteiger partial charge in [-0.2, -0.15) is 6.92 Å². The number of hydrogen-bond donors (Lipinski definition) is 0. The average Bonchev–Trinajstić information content (AvgIpc) is 2.11. The maximum Gasteiger partial charge on any atom is 0.146 e. The zero-order valence-electron chi connectivity index (χ0n) is 15.0. The van der Waals surface area contributed by atoms with Crippen LogP contribution in [0.25, 0.3) is 0 Å². The molecule has 10 heteroatoms. The van der Waals surface area contributed by atoms with Gasteiger partial charge in [0.25, 0.3) is 0 Å². The number of ether oxygens (including phenoxy) is 2. The van der Waals surface area contributed by atoms with Crippen molar-refractivity contribution in [2.24, 2.45) is 10.8 Å². The molecule has 2 aliphatic rings. The van der Waals surface area contributed by atoms with Gasteiger partial charge in [-0.15, -0.1) is 0 Å². The summed E-state index contributed by atoms with van der Waals surface area (Å²) in [7, 11) is 0. The van der Waals surface area contributed by atoms with Crippen LogP contribution in [0, 0.1) is 22.7 Å². The van der Waals surface area contributed by atoms with E-state index in [1.54, 1.807) is 0 Å². The van der Waals surface area contributed by atoms with Crippen LogP contribution < -0.4 is 0 Å². The van der Waals surface area contributed by atoms with Gasteiger partial charge < -0.3 is 26.1 Å². The van der Waals surface area contributed by atoms with Crippen LogP contribution >= 0.6 is 0 Å². The molecular weight excluding hydrogens is 826 g/mol. The molecule has 0 amide bonds. The number of hydrogen-bond acceptors (Lipinski definition) is 3. The molecule has 0 aromatic heterocycles. The van der Waals surface area contributed by atoms with Crippen molar-refractivity contribution in [1.29, 1.82) is 0 Å². The Kier molecular flexibility index (Phi) is 32.0. The number of ketones is 1. The first-order valence-corrected chi connectivity index (χ1v) is 5.69. The van der Waals surface area contributed by atoms with Gasteiger partial charge in [-0.1, -0.05) is 27.7 Å². The third kappa shape index (κ3) is 7.63. The Morgan fingerprint density at radius 2 is 1.17 bits per heavy atom. The summed E-state index contributed by atoms with van der Waals surface area (Å²) in [5, 5.41) is 0. The second-order valence-electron chi connectivity index (χ2n) is 5.85. The summed E-state index contributed by atoms with van der Waals surface area (Å²) in [5.74, 6) is 1.20. The zero-order chi connectivity index (χ0) is 12.4. The van der Waals surface area contributed by atoms with Gasteiger partial charge in [-0.05, 0) is 16.6 Å². The second kappa shape index (κ2) is 16.8. The molecule has 1 spiro atoms. The first kappa shape index (κ1) is 44.0. The van der Waals surface area contributed by atoms with Crippen molar-refractivity contribution in [1.82, 2.24) is 0 Å². The standard InChI is InChI=1S/C13H20O3.7Y/c1-8-9(2)13(15-7-16-13)12(5,6)11(3,4)10(8)14;;;;;;;/h7H2,1-6H3;;;;;;;/q-2;;;;;;;. The quantitative estimate of drug-likeness (QED) is 0.352. The summed E-state index contributed by atoms with van der Waals surface area (Å²) in [4.78, 5) is 12.3. The molecule has 23 heavy (non-hydrogen) atoms. The van der Waals surface area contributed by atoms with E-state index in [1.165, 1.54) is 0 Å². The molecule has 0 atom stereocenters.